The number of nitrogens with zero attached hydrogens (tertiary/aromatic N) is 2. The fourth-order valence-corrected chi connectivity index (χ4v) is 0.510. The quantitative estimate of drug-likeness (QED) is 0.476. The summed E-state index contributed by atoms with van der Waals surface area (Å²) in [7, 11) is 0. The minimum atomic E-state index is -0.694. The summed E-state index contributed by atoms with van der Waals surface area (Å²) in [5.41, 5.74) is -1.29. The van der Waals surface area contributed by atoms with Gasteiger partial charge in [-0.25, -0.2) is 4.79 Å². The monoisotopic (exact) mass is 139 g/mol. The van der Waals surface area contributed by atoms with Crippen molar-refractivity contribution in [3.63, 3.8) is 0 Å². The number of H-pyrrole nitrogens is 2. The van der Waals surface area contributed by atoms with Gasteiger partial charge in [0.15, 0.2) is 0 Å². The normalized spacial score (nSPS) is 8.70. The first-order valence-corrected chi connectivity index (χ1v) is 2.41. The highest BCUT2D eigenvalue weighted by Gasteiger charge is 2.03. The summed E-state index contributed by atoms with van der Waals surface area (Å²) in [4.78, 5) is 27.4. The molecule has 0 bridgehead atoms. The van der Waals surface area contributed by atoms with Crippen molar-refractivity contribution in [1.82, 2.24) is 9.97 Å². The van der Waals surface area contributed by atoms with E-state index in [1.807, 2.05) is 4.98 Å². The average molecular weight is 139 g/mol. The summed E-state index contributed by atoms with van der Waals surface area (Å²) in [5, 5.41) is 8.09. The molecule has 0 aliphatic rings. The van der Waals surface area contributed by atoms with E-state index in [1.54, 1.807) is 0 Å². The van der Waals surface area contributed by atoms with Crippen LogP contribution in [0.25, 0.3) is 4.98 Å². The van der Waals surface area contributed by atoms with Crippen molar-refractivity contribution in [2.75, 3.05) is 0 Å². The second kappa shape index (κ2) is 2.14. The van der Waals surface area contributed by atoms with E-state index in [0.717, 1.165) is 6.07 Å². The Morgan fingerprint density at radius 2 is 2.10 bits per heavy atom. The van der Waals surface area contributed by atoms with Gasteiger partial charge < -0.3 is 0 Å². The highest BCUT2D eigenvalue weighted by atomic mass is 16.2. The first-order valence-electron chi connectivity index (χ1n) is 2.41. The molecule has 6 heteroatoms. The second-order valence-corrected chi connectivity index (χ2v) is 1.57. The molecule has 0 radical (unpaired) electrons. The van der Waals surface area contributed by atoms with Crippen LogP contribution in [-0.4, -0.2) is 9.97 Å². The maximum Gasteiger partial charge on any atom is 0.432 e. The van der Waals surface area contributed by atoms with Gasteiger partial charge in [0.2, 0.25) is 0 Å². The molecule has 1 aromatic heterocycles. The van der Waals surface area contributed by atoms with E-state index in [-0.39, 0.29) is 5.82 Å². The Kier molecular flexibility index (Phi) is 1.33. The fourth-order valence-electron chi connectivity index (χ4n) is 0.510. The lowest BCUT2D eigenvalue weighted by Gasteiger charge is -1.73. The lowest BCUT2D eigenvalue weighted by Crippen LogP contribution is -2.19. The zero-order valence-electron chi connectivity index (χ0n) is 4.79. The van der Waals surface area contributed by atoms with Gasteiger partial charge in [-0.05, 0) is 0 Å². The average Bonchev–Trinajstić information content (AvgIpc) is 1.85. The molecule has 0 spiro atoms. The number of hydrogen-bond donors (Lipinski definition) is 2. The van der Waals surface area contributed by atoms with Crippen LogP contribution in [0.2, 0.25) is 0 Å². The predicted molar refractivity (Wildman–Crippen MR) is 32.4 cm³/mol. The molecule has 0 atom stereocenters. The molecule has 1 rings (SSSR count). The van der Waals surface area contributed by atoms with E-state index in [4.69, 9.17) is 5.39 Å². The van der Waals surface area contributed by atoms with Crippen LogP contribution in [0, 0.1) is 5.39 Å². The lowest BCUT2D eigenvalue weighted by molar-refractivity contribution is 1.05. The van der Waals surface area contributed by atoms with E-state index in [9.17, 15) is 9.59 Å². The predicted octanol–water partition coefficient (Wildman–Crippen LogP) is -0.452. The van der Waals surface area contributed by atoms with Crippen molar-refractivity contribution in [1.29, 1.82) is 5.39 Å². The molecular formula is C4H3N4O2+. The third-order valence-electron chi connectivity index (χ3n) is 0.854. The Hall–Kier alpha value is -1.90. The Bertz CT molecular complexity index is 353. The van der Waals surface area contributed by atoms with E-state index >= 15 is 0 Å². The molecule has 6 nitrogen and oxygen atoms in total. The molecule has 0 unspecified atom stereocenters. The number of aromatic nitrogens is 2. The van der Waals surface area contributed by atoms with E-state index in [2.05, 4.69) is 9.96 Å². The van der Waals surface area contributed by atoms with Crippen LogP contribution in [0.1, 0.15) is 0 Å². The van der Waals surface area contributed by atoms with Crippen molar-refractivity contribution in [2.24, 2.45) is 0 Å². The fraction of sp³-hybridized carbons (Fsp3) is 0. The largest absolute Gasteiger partial charge is 0.432 e. The molecule has 50 valence electrons. The van der Waals surface area contributed by atoms with Crippen LogP contribution in [0.5, 0.6) is 0 Å². The Balaban J connectivity index is 3.51. The highest BCUT2D eigenvalue weighted by molar-refractivity contribution is 5.30. The third-order valence-corrected chi connectivity index (χ3v) is 0.854. The summed E-state index contributed by atoms with van der Waals surface area (Å²) in [6.45, 7) is 0. The summed E-state index contributed by atoms with van der Waals surface area (Å²) in [6.07, 6.45) is 0. The van der Waals surface area contributed by atoms with Gasteiger partial charge >= 0.3 is 11.5 Å². The molecule has 1 aromatic rings. The molecule has 1 heterocycles. The third kappa shape index (κ3) is 1.08. The van der Waals surface area contributed by atoms with E-state index in [0.29, 0.717) is 0 Å². The minimum absolute atomic E-state index is 0.159. The maximum absolute atomic E-state index is 10.4. The van der Waals surface area contributed by atoms with Crippen LogP contribution in [0.4, 0.5) is 5.82 Å². The molecule has 0 aliphatic carbocycles. The first kappa shape index (κ1) is 6.22. The molecule has 0 aromatic carbocycles. The van der Waals surface area contributed by atoms with Crippen LogP contribution >= 0.6 is 0 Å². The summed E-state index contributed by atoms with van der Waals surface area (Å²) in [6, 6.07) is 0.960. The molecular weight excluding hydrogens is 136 g/mol. The molecule has 0 fully saturated rings. The van der Waals surface area contributed by atoms with Crippen LogP contribution in [0.3, 0.4) is 0 Å². The van der Waals surface area contributed by atoms with Crippen molar-refractivity contribution in [3.8, 4) is 0 Å². The maximum atomic E-state index is 10.4. The zero-order chi connectivity index (χ0) is 7.56. The first-order chi connectivity index (χ1) is 4.72. The molecule has 10 heavy (non-hydrogen) atoms. The van der Waals surface area contributed by atoms with Crippen molar-refractivity contribution in [2.45, 2.75) is 0 Å². The molecule has 0 amide bonds. The van der Waals surface area contributed by atoms with Gasteiger partial charge in [0, 0.05) is 4.98 Å². The minimum Gasteiger partial charge on any atom is -0.269 e. The van der Waals surface area contributed by atoms with Crippen molar-refractivity contribution in [3.05, 3.63) is 31.9 Å². The Morgan fingerprint density at radius 3 is 2.60 bits per heavy atom. The number of diazo groups is 1. The lowest BCUT2D eigenvalue weighted by atomic mass is 10.6. The Morgan fingerprint density at radius 1 is 1.40 bits per heavy atom. The van der Waals surface area contributed by atoms with Crippen LogP contribution in [0.15, 0.2) is 15.7 Å². The number of nitrogens with one attached hydrogen (secondary N) is 2. The number of hydrogen-bond acceptors (Lipinski definition) is 3. The van der Waals surface area contributed by atoms with Crippen molar-refractivity contribution < 1.29 is 0 Å². The van der Waals surface area contributed by atoms with Crippen LogP contribution in [-0.2, 0) is 0 Å². The highest BCUT2D eigenvalue weighted by Crippen LogP contribution is 1.95. The van der Waals surface area contributed by atoms with Gasteiger partial charge in [-0.2, -0.15) is 4.98 Å². The summed E-state index contributed by atoms with van der Waals surface area (Å²) >= 11 is 0. The molecule has 0 saturated carbocycles. The van der Waals surface area contributed by atoms with E-state index < -0.39 is 11.2 Å². The molecule has 2 N–H and O–H groups in total. The van der Waals surface area contributed by atoms with Gasteiger partial charge in [-0.15, -0.1) is 0 Å². The van der Waals surface area contributed by atoms with Gasteiger partial charge in [-0.3, -0.25) is 9.78 Å². The van der Waals surface area contributed by atoms with Gasteiger partial charge in [0.05, 0.1) is 5.39 Å². The zero-order valence-corrected chi connectivity index (χ0v) is 4.79. The summed E-state index contributed by atoms with van der Waals surface area (Å²) < 4.78 is 0. The standard InChI is InChI=1S/C4H2N4O2/c5-8-2-1-3(9)7-4(10)6-2/h1H,(H-,6,7,9,10)/p+1. The number of aromatic amines is 2. The molecule has 0 aliphatic heterocycles. The summed E-state index contributed by atoms with van der Waals surface area (Å²) in [5.74, 6) is -0.159. The SMILES string of the molecule is N#[N+]c1cc(=O)[nH]c(=O)[nH]1. The number of rotatable bonds is 0. The van der Waals surface area contributed by atoms with Crippen LogP contribution < -0.4 is 11.2 Å². The van der Waals surface area contributed by atoms with Crippen molar-refractivity contribution >= 4 is 5.82 Å². The van der Waals surface area contributed by atoms with Gasteiger partial charge in [-0.1, -0.05) is 0 Å². The smallest absolute Gasteiger partial charge is 0.269 e. The second-order valence-electron chi connectivity index (χ2n) is 1.57. The van der Waals surface area contributed by atoms with Gasteiger partial charge in [0.25, 0.3) is 5.56 Å². The topological polar surface area (TPSA) is 93.9 Å². The molecule has 0 saturated heterocycles. The van der Waals surface area contributed by atoms with E-state index in [1.165, 1.54) is 0 Å². The Labute approximate surface area is 54.2 Å². The van der Waals surface area contributed by atoms with Gasteiger partial charge in [0.1, 0.15) is 6.07 Å².